The van der Waals surface area contributed by atoms with Crippen LogP contribution in [0.4, 0.5) is 5.69 Å². The van der Waals surface area contributed by atoms with Gasteiger partial charge < -0.3 is 10.4 Å². The average molecular weight is 312 g/mol. The average Bonchev–Trinajstić information content (AvgIpc) is 2.96. The van der Waals surface area contributed by atoms with Gasteiger partial charge in [-0.3, -0.25) is 4.79 Å². The summed E-state index contributed by atoms with van der Waals surface area (Å²) in [7, 11) is 0. The summed E-state index contributed by atoms with van der Waals surface area (Å²) in [5.74, 6) is -0.0469. The van der Waals surface area contributed by atoms with Gasteiger partial charge in [0.15, 0.2) is 0 Å². The van der Waals surface area contributed by atoms with Crippen molar-refractivity contribution >= 4 is 33.1 Å². The van der Waals surface area contributed by atoms with E-state index in [1.54, 1.807) is 17.4 Å². The number of hydrogen-bond donors (Lipinski definition) is 2. The second-order valence-electron chi connectivity index (χ2n) is 4.98. The fraction of sp³-hybridized carbons (Fsp3) is 0.176. The van der Waals surface area contributed by atoms with Crippen molar-refractivity contribution < 1.29 is 9.90 Å². The highest BCUT2D eigenvalue weighted by molar-refractivity contribution is 7.18. The van der Waals surface area contributed by atoms with Crippen molar-refractivity contribution in [1.82, 2.24) is 4.98 Å². The largest absolute Gasteiger partial charge is 0.392 e. The van der Waals surface area contributed by atoms with E-state index in [0.29, 0.717) is 18.5 Å². The van der Waals surface area contributed by atoms with Crippen molar-refractivity contribution in [3.8, 4) is 0 Å². The molecule has 0 aliphatic rings. The third-order valence-corrected chi connectivity index (χ3v) is 4.39. The Balaban J connectivity index is 1.59. The van der Waals surface area contributed by atoms with Gasteiger partial charge in [0.25, 0.3) is 0 Å². The van der Waals surface area contributed by atoms with E-state index in [4.69, 9.17) is 5.11 Å². The van der Waals surface area contributed by atoms with Crippen molar-refractivity contribution in [2.24, 2.45) is 0 Å². The number of para-hydroxylation sites is 1. The molecule has 1 amide bonds. The lowest BCUT2D eigenvalue weighted by atomic mass is 10.2. The van der Waals surface area contributed by atoms with Crippen molar-refractivity contribution in [2.75, 3.05) is 5.32 Å². The Morgan fingerprint density at radius 1 is 1.18 bits per heavy atom. The van der Waals surface area contributed by atoms with Gasteiger partial charge in [-0.1, -0.05) is 24.3 Å². The number of fused-ring (bicyclic) bond motifs is 1. The van der Waals surface area contributed by atoms with E-state index in [2.05, 4.69) is 10.3 Å². The number of hydrogen-bond acceptors (Lipinski definition) is 4. The molecule has 5 heteroatoms. The van der Waals surface area contributed by atoms with Gasteiger partial charge in [-0.15, -0.1) is 11.3 Å². The Morgan fingerprint density at radius 3 is 2.86 bits per heavy atom. The van der Waals surface area contributed by atoms with Gasteiger partial charge in [-0.2, -0.15) is 0 Å². The van der Waals surface area contributed by atoms with Gasteiger partial charge in [-0.05, 0) is 29.8 Å². The molecule has 0 aliphatic carbocycles. The molecule has 0 spiro atoms. The van der Waals surface area contributed by atoms with Gasteiger partial charge in [0.05, 0.1) is 21.8 Å². The zero-order valence-electron chi connectivity index (χ0n) is 12.0. The lowest BCUT2D eigenvalue weighted by molar-refractivity contribution is -0.116. The second-order valence-corrected chi connectivity index (χ2v) is 6.10. The normalized spacial score (nSPS) is 10.8. The Bertz CT molecular complexity index is 765. The first-order valence-electron chi connectivity index (χ1n) is 7.09. The second kappa shape index (κ2) is 6.68. The van der Waals surface area contributed by atoms with Gasteiger partial charge in [0.2, 0.25) is 5.91 Å². The number of aliphatic hydroxyl groups is 1. The standard InChI is InChI=1S/C17H16N2O2S/c20-11-12-4-3-5-13(10-12)18-16(21)8-9-17-19-14-6-1-2-7-15(14)22-17/h1-7,10,20H,8-9,11H2,(H,18,21). The molecule has 3 aromatic rings. The molecule has 2 N–H and O–H groups in total. The molecule has 112 valence electrons. The fourth-order valence-corrected chi connectivity index (χ4v) is 3.19. The number of anilines is 1. The van der Waals surface area contributed by atoms with Gasteiger partial charge in [0.1, 0.15) is 0 Å². The molecule has 2 aromatic carbocycles. The zero-order chi connectivity index (χ0) is 15.4. The number of benzene rings is 2. The van der Waals surface area contributed by atoms with E-state index in [0.717, 1.165) is 20.8 Å². The fourth-order valence-electron chi connectivity index (χ4n) is 2.22. The smallest absolute Gasteiger partial charge is 0.224 e. The minimum atomic E-state index is -0.0469. The van der Waals surface area contributed by atoms with Crippen LogP contribution >= 0.6 is 11.3 Å². The Kier molecular flexibility index (Phi) is 4.46. The topological polar surface area (TPSA) is 62.2 Å². The third-order valence-electron chi connectivity index (χ3n) is 3.30. The van der Waals surface area contributed by atoms with Gasteiger partial charge in [-0.25, -0.2) is 4.98 Å². The van der Waals surface area contributed by atoms with E-state index in [-0.39, 0.29) is 12.5 Å². The molecule has 0 saturated carbocycles. The number of rotatable bonds is 5. The van der Waals surface area contributed by atoms with E-state index >= 15 is 0 Å². The number of aromatic nitrogens is 1. The summed E-state index contributed by atoms with van der Waals surface area (Å²) in [4.78, 5) is 16.5. The van der Waals surface area contributed by atoms with E-state index in [1.807, 2.05) is 42.5 Å². The summed E-state index contributed by atoms with van der Waals surface area (Å²) < 4.78 is 1.15. The summed E-state index contributed by atoms with van der Waals surface area (Å²) in [5, 5.41) is 12.9. The lowest BCUT2D eigenvalue weighted by Crippen LogP contribution is -2.12. The minimum Gasteiger partial charge on any atom is -0.392 e. The molecule has 1 aromatic heterocycles. The summed E-state index contributed by atoms with van der Waals surface area (Å²) in [6.45, 7) is -0.0323. The molecule has 3 rings (SSSR count). The number of carbonyl (C=O) groups is 1. The van der Waals surface area contributed by atoms with E-state index < -0.39 is 0 Å². The van der Waals surface area contributed by atoms with Crippen molar-refractivity contribution in [2.45, 2.75) is 19.4 Å². The maximum atomic E-state index is 12.0. The van der Waals surface area contributed by atoms with Crippen LogP contribution in [0.5, 0.6) is 0 Å². The maximum absolute atomic E-state index is 12.0. The first kappa shape index (κ1) is 14.7. The number of aryl methyl sites for hydroxylation is 1. The number of amides is 1. The molecule has 4 nitrogen and oxygen atoms in total. The van der Waals surface area contributed by atoms with Crippen LogP contribution in [0.25, 0.3) is 10.2 Å². The molecule has 0 atom stereocenters. The molecule has 0 saturated heterocycles. The van der Waals surface area contributed by atoms with Crippen LogP contribution in [0.3, 0.4) is 0 Å². The van der Waals surface area contributed by atoms with E-state index in [1.165, 1.54) is 0 Å². The number of nitrogens with one attached hydrogen (secondary N) is 1. The molecule has 0 unspecified atom stereocenters. The molecule has 0 fully saturated rings. The molecule has 0 radical (unpaired) electrons. The van der Waals surface area contributed by atoms with Crippen molar-refractivity contribution in [3.63, 3.8) is 0 Å². The molecular formula is C17H16N2O2S. The summed E-state index contributed by atoms with van der Waals surface area (Å²) in [6.07, 6.45) is 1.02. The van der Waals surface area contributed by atoms with Crippen molar-refractivity contribution in [1.29, 1.82) is 0 Å². The highest BCUT2D eigenvalue weighted by Gasteiger charge is 2.07. The summed E-state index contributed by atoms with van der Waals surface area (Å²) in [6, 6.07) is 15.2. The van der Waals surface area contributed by atoms with E-state index in [9.17, 15) is 4.79 Å². The number of aliphatic hydroxyl groups excluding tert-OH is 1. The predicted molar refractivity (Wildman–Crippen MR) is 88.9 cm³/mol. The Labute approximate surface area is 132 Å². The zero-order valence-corrected chi connectivity index (χ0v) is 12.8. The Hall–Kier alpha value is -2.24. The Morgan fingerprint density at radius 2 is 2.05 bits per heavy atom. The minimum absolute atomic E-state index is 0.0323. The lowest BCUT2D eigenvalue weighted by Gasteiger charge is -2.05. The first-order chi connectivity index (χ1) is 10.7. The van der Waals surface area contributed by atoms with Crippen LogP contribution in [0.2, 0.25) is 0 Å². The molecule has 22 heavy (non-hydrogen) atoms. The van der Waals surface area contributed by atoms with Gasteiger partial charge in [0, 0.05) is 18.5 Å². The van der Waals surface area contributed by atoms with Crippen LogP contribution in [0.15, 0.2) is 48.5 Å². The maximum Gasteiger partial charge on any atom is 0.224 e. The number of carbonyl (C=O) groups excluding carboxylic acids is 1. The highest BCUT2D eigenvalue weighted by atomic mass is 32.1. The number of thiazole rings is 1. The third kappa shape index (κ3) is 3.50. The highest BCUT2D eigenvalue weighted by Crippen LogP contribution is 2.22. The van der Waals surface area contributed by atoms with Crippen LogP contribution in [-0.2, 0) is 17.8 Å². The van der Waals surface area contributed by atoms with Gasteiger partial charge >= 0.3 is 0 Å². The van der Waals surface area contributed by atoms with Crippen LogP contribution < -0.4 is 5.32 Å². The predicted octanol–water partition coefficient (Wildman–Crippen LogP) is 3.36. The molecular weight excluding hydrogens is 296 g/mol. The molecule has 0 aliphatic heterocycles. The molecule has 1 heterocycles. The SMILES string of the molecule is O=C(CCc1nc2ccccc2s1)Nc1cccc(CO)c1. The first-order valence-corrected chi connectivity index (χ1v) is 7.90. The summed E-state index contributed by atoms with van der Waals surface area (Å²) in [5.41, 5.74) is 2.48. The number of nitrogens with zero attached hydrogens (tertiary/aromatic N) is 1. The van der Waals surface area contributed by atoms with Crippen LogP contribution in [0, 0.1) is 0 Å². The monoisotopic (exact) mass is 312 g/mol. The van der Waals surface area contributed by atoms with Crippen LogP contribution in [0.1, 0.15) is 17.0 Å². The molecule has 0 bridgehead atoms. The van der Waals surface area contributed by atoms with Crippen LogP contribution in [-0.4, -0.2) is 16.0 Å². The quantitative estimate of drug-likeness (QED) is 0.759. The van der Waals surface area contributed by atoms with Crippen molar-refractivity contribution in [3.05, 3.63) is 59.1 Å². The summed E-state index contributed by atoms with van der Waals surface area (Å²) >= 11 is 1.63.